The number of nitrogens with two attached hydrogens (primary N) is 1. The van der Waals surface area contributed by atoms with E-state index < -0.39 is 0 Å². The number of aromatic nitrogens is 3. The minimum atomic E-state index is -0.192. The molecule has 0 aliphatic carbocycles. The molecule has 0 unspecified atom stereocenters. The van der Waals surface area contributed by atoms with Crippen LogP contribution in [0.2, 0.25) is 0 Å². The van der Waals surface area contributed by atoms with Gasteiger partial charge in [-0.1, -0.05) is 0 Å². The Balaban J connectivity index is 2.57. The molecule has 56 valence electrons. The molecule has 0 bridgehead atoms. The standard InChI is InChI=1S/C6H12N4/c1-6(2,7)3-10-4-8-9-5-10/h4-5H,3,7H2,1-2H3. The minimum Gasteiger partial charge on any atom is -0.324 e. The van der Waals surface area contributed by atoms with Gasteiger partial charge in [-0.3, -0.25) is 0 Å². The summed E-state index contributed by atoms with van der Waals surface area (Å²) in [6.07, 6.45) is 3.32. The fourth-order valence-electron chi connectivity index (χ4n) is 0.774. The van der Waals surface area contributed by atoms with Crippen molar-refractivity contribution in [1.29, 1.82) is 0 Å². The first-order chi connectivity index (χ1) is 4.58. The second-order valence-corrected chi connectivity index (χ2v) is 3.12. The third-order valence-electron chi connectivity index (χ3n) is 1.06. The Morgan fingerprint density at radius 1 is 1.40 bits per heavy atom. The van der Waals surface area contributed by atoms with Crippen molar-refractivity contribution in [3.63, 3.8) is 0 Å². The first-order valence-corrected chi connectivity index (χ1v) is 3.19. The van der Waals surface area contributed by atoms with Gasteiger partial charge in [-0.05, 0) is 13.8 Å². The fourth-order valence-corrected chi connectivity index (χ4v) is 0.774. The van der Waals surface area contributed by atoms with Gasteiger partial charge in [0.15, 0.2) is 0 Å². The van der Waals surface area contributed by atoms with E-state index in [0.717, 1.165) is 6.54 Å². The van der Waals surface area contributed by atoms with E-state index >= 15 is 0 Å². The Hall–Kier alpha value is -0.900. The zero-order valence-electron chi connectivity index (χ0n) is 6.28. The second-order valence-electron chi connectivity index (χ2n) is 3.12. The molecule has 0 radical (unpaired) electrons. The molecule has 0 saturated carbocycles. The van der Waals surface area contributed by atoms with E-state index in [1.807, 2.05) is 18.4 Å². The molecule has 0 amide bonds. The first-order valence-electron chi connectivity index (χ1n) is 3.19. The highest BCUT2D eigenvalue weighted by atomic mass is 15.2. The van der Waals surface area contributed by atoms with Crippen LogP contribution in [0.15, 0.2) is 12.7 Å². The maximum absolute atomic E-state index is 5.75. The Morgan fingerprint density at radius 3 is 2.30 bits per heavy atom. The molecule has 10 heavy (non-hydrogen) atoms. The maximum Gasteiger partial charge on any atom is 0.119 e. The van der Waals surface area contributed by atoms with E-state index in [2.05, 4.69) is 10.2 Å². The Morgan fingerprint density at radius 2 is 1.90 bits per heavy atom. The molecule has 2 N–H and O–H groups in total. The van der Waals surface area contributed by atoms with E-state index in [-0.39, 0.29) is 5.54 Å². The van der Waals surface area contributed by atoms with E-state index in [0.29, 0.717) is 0 Å². The predicted octanol–water partition coefficient (Wildman–Crippen LogP) is 0.0154. The topological polar surface area (TPSA) is 56.7 Å². The van der Waals surface area contributed by atoms with E-state index in [9.17, 15) is 0 Å². The molecule has 0 aliphatic heterocycles. The van der Waals surface area contributed by atoms with Crippen LogP contribution in [0.3, 0.4) is 0 Å². The molecule has 0 spiro atoms. The van der Waals surface area contributed by atoms with Crippen molar-refractivity contribution in [2.45, 2.75) is 25.9 Å². The van der Waals surface area contributed by atoms with Crippen LogP contribution in [0.4, 0.5) is 0 Å². The summed E-state index contributed by atoms with van der Waals surface area (Å²) in [6, 6.07) is 0. The zero-order valence-corrected chi connectivity index (χ0v) is 6.28. The van der Waals surface area contributed by atoms with Crippen molar-refractivity contribution in [3.05, 3.63) is 12.7 Å². The molecule has 1 aromatic rings. The molecular formula is C6H12N4. The van der Waals surface area contributed by atoms with Gasteiger partial charge in [-0.15, -0.1) is 10.2 Å². The molecule has 0 aromatic carbocycles. The lowest BCUT2D eigenvalue weighted by atomic mass is 10.1. The van der Waals surface area contributed by atoms with Crippen molar-refractivity contribution >= 4 is 0 Å². The Bertz CT molecular complexity index is 184. The lowest BCUT2D eigenvalue weighted by molar-refractivity contribution is 0.433. The van der Waals surface area contributed by atoms with E-state index in [1.165, 1.54) is 0 Å². The van der Waals surface area contributed by atoms with Crippen LogP contribution < -0.4 is 5.73 Å². The molecular weight excluding hydrogens is 128 g/mol. The normalized spacial score (nSPS) is 11.9. The van der Waals surface area contributed by atoms with Crippen LogP contribution in [-0.4, -0.2) is 20.3 Å². The van der Waals surface area contributed by atoms with Crippen LogP contribution in [-0.2, 0) is 6.54 Å². The number of hydrogen-bond acceptors (Lipinski definition) is 3. The van der Waals surface area contributed by atoms with Crippen molar-refractivity contribution in [1.82, 2.24) is 14.8 Å². The zero-order chi connectivity index (χ0) is 7.61. The molecule has 0 saturated heterocycles. The summed E-state index contributed by atoms with van der Waals surface area (Å²) in [4.78, 5) is 0. The average Bonchev–Trinajstić information content (AvgIpc) is 2.12. The Kier molecular flexibility index (Phi) is 1.72. The molecule has 1 aromatic heterocycles. The fraction of sp³-hybridized carbons (Fsp3) is 0.667. The first kappa shape index (κ1) is 7.21. The van der Waals surface area contributed by atoms with E-state index in [4.69, 9.17) is 5.73 Å². The number of rotatable bonds is 2. The summed E-state index contributed by atoms with van der Waals surface area (Å²) in [7, 11) is 0. The SMILES string of the molecule is CC(C)(N)Cn1cnnc1. The van der Waals surface area contributed by atoms with Crippen molar-refractivity contribution in [3.8, 4) is 0 Å². The third kappa shape index (κ3) is 2.14. The molecule has 0 fully saturated rings. The number of nitrogens with zero attached hydrogens (tertiary/aromatic N) is 3. The van der Waals surface area contributed by atoms with Crippen molar-refractivity contribution in [2.24, 2.45) is 5.73 Å². The minimum absolute atomic E-state index is 0.192. The van der Waals surface area contributed by atoms with Gasteiger partial charge in [-0.2, -0.15) is 0 Å². The third-order valence-corrected chi connectivity index (χ3v) is 1.06. The summed E-state index contributed by atoms with van der Waals surface area (Å²) < 4.78 is 1.86. The Labute approximate surface area is 60.1 Å². The van der Waals surface area contributed by atoms with Crippen LogP contribution in [0.5, 0.6) is 0 Å². The molecule has 4 heteroatoms. The highest BCUT2D eigenvalue weighted by Crippen LogP contribution is 1.99. The van der Waals surface area contributed by atoms with Gasteiger partial charge in [0.1, 0.15) is 12.7 Å². The summed E-state index contributed by atoms with van der Waals surface area (Å²) in [5.74, 6) is 0. The molecule has 0 aliphatic rings. The maximum atomic E-state index is 5.75. The summed E-state index contributed by atoms with van der Waals surface area (Å²) in [6.45, 7) is 4.68. The number of hydrogen-bond donors (Lipinski definition) is 1. The molecule has 1 heterocycles. The van der Waals surface area contributed by atoms with Crippen LogP contribution in [0, 0.1) is 0 Å². The van der Waals surface area contributed by atoms with E-state index in [1.54, 1.807) is 12.7 Å². The van der Waals surface area contributed by atoms with Gasteiger partial charge in [0.25, 0.3) is 0 Å². The lowest BCUT2D eigenvalue weighted by Crippen LogP contribution is -2.36. The highest BCUT2D eigenvalue weighted by molar-refractivity contribution is 4.74. The smallest absolute Gasteiger partial charge is 0.119 e. The van der Waals surface area contributed by atoms with Crippen LogP contribution in [0.25, 0.3) is 0 Å². The van der Waals surface area contributed by atoms with Gasteiger partial charge in [0.05, 0.1) is 0 Å². The molecule has 4 nitrogen and oxygen atoms in total. The van der Waals surface area contributed by atoms with Gasteiger partial charge in [0, 0.05) is 12.1 Å². The summed E-state index contributed by atoms with van der Waals surface area (Å²) in [5.41, 5.74) is 5.56. The average molecular weight is 140 g/mol. The monoisotopic (exact) mass is 140 g/mol. The van der Waals surface area contributed by atoms with Gasteiger partial charge >= 0.3 is 0 Å². The largest absolute Gasteiger partial charge is 0.324 e. The van der Waals surface area contributed by atoms with Gasteiger partial charge in [0.2, 0.25) is 0 Å². The van der Waals surface area contributed by atoms with Crippen LogP contribution >= 0.6 is 0 Å². The van der Waals surface area contributed by atoms with Gasteiger partial charge < -0.3 is 10.3 Å². The summed E-state index contributed by atoms with van der Waals surface area (Å²) in [5, 5.41) is 7.33. The highest BCUT2D eigenvalue weighted by Gasteiger charge is 2.10. The second kappa shape index (κ2) is 2.38. The predicted molar refractivity (Wildman–Crippen MR) is 38.3 cm³/mol. The lowest BCUT2D eigenvalue weighted by Gasteiger charge is -2.17. The molecule has 0 atom stereocenters. The molecule has 1 rings (SSSR count). The summed E-state index contributed by atoms with van der Waals surface area (Å²) >= 11 is 0. The van der Waals surface area contributed by atoms with Crippen molar-refractivity contribution < 1.29 is 0 Å². The quantitative estimate of drug-likeness (QED) is 0.629. The van der Waals surface area contributed by atoms with Crippen LogP contribution in [0.1, 0.15) is 13.8 Å². The van der Waals surface area contributed by atoms with Gasteiger partial charge in [-0.25, -0.2) is 0 Å². The van der Waals surface area contributed by atoms with Crippen molar-refractivity contribution in [2.75, 3.05) is 0 Å².